The first kappa shape index (κ1) is 19.7. The zero-order valence-corrected chi connectivity index (χ0v) is 17.0. The van der Waals surface area contributed by atoms with Crippen molar-refractivity contribution in [2.24, 2.45) is 0 Å². The molecule has 0 radical (unpaired) electrons. The molecule has 27 heavy (non-hydrogen) atoms. The van der Waals surface area contributed by atoms with Gasteiger partial charge < -0.3 is 9.84 Å². The molecule has 3 aromatic rings. The summed E-state index contributed by atoms with van der Waals surface area (Å²) in [6.45, 7) is 3.71. The van der Waals surface area contributed by atoms with E-state index in [4.69, 9.17) is 27.7 Å². The monoisotopic (exact) mass is 421 g/mol. The molecule has 1 N–H and O–H groups in total. The second-order valence-electron chi connectivity index (χ2n) is 5.93. The quantitative estimate of drug-likeness (QED) is 0.534. The third-order valence-electron chi connectivity index (χ3n) is 3.83. The highest BCUT2D eigenvalue weighted by Gasteiger charge is 2.18. The van der Waals surface area contributed by atoms with Crippen molar-refractivity contribution in [1.82, 2.24) is 15.5 Å². The lowest BCUT2D eigenvalue weighted by Gasteiger charge is -2.17. The molecule has 0 aliphatic heterocycles. The van der Waals surface area contributed by atoms with Gasteiger partial charge in [0.2, 0.25) is 0 Å². The van der Waals surface area contributed by atoms with Crippen LogP contribution in [0.5, 0.6) is 0 Å². The number of carbonyl (C=O) groups is 1. The van der Waals surface area contributed by atoms with Crippen molar-refractivity contribution in [3.8, 4) is 0 Å². The Hall–Kier alpha value is -2.02. The average molecular weight is 422 g/mol. The summed E-state index contributed by atoms with van der Waals surface area (Å²) in [5.74, 6) is 1.09. The third kappa shape index (κ3) is 5.03. The lowest BCUT2D eigenvalue weighted by molar-refractivity contribution is 0.0936. The number of benzene rings is 1. The molecule has 0 spiro atoms. The molecule has 2 aromatic heterocycles. The lowest BCUT2D eigenvalue weighted by atomic mass is 10.1. The lowest BCUT2D eigenvalue weighted by Crippen LogP contribution is -2.27. The van der Waals surface area contributed by atoms with Crippen molar-refractivity contribution in [3.63, 3.8) is 0 Å². The van der Waals surface area contributed by atoms with Crippen LogP contribution in [0.1, 0.15) is 40.3 Å². The fourth-order valence-corrected chi connectivity index (χ4v) is 3.96. The summed E-state index contributed by atoms with van der Waals surface area (Å²) < 4.78 is 5.07. The van der Waals surface area contributed by atoms with E-state index in [1.165, 1.54) is 11.8 Å². The summed E-state index contributed by atoms with van der Waals surface area (Å²) in [6.07, 6.45) is 1.66. The van der Waals surface area contributed by atoms with E-state index < -0.39 is 0 Å². The first-order valence-corrected chi connectivity index (χ1v) is 9.94. The Labute approximate surface area is 171 Å². The maximum absolute atomic E-state index is 12.8. The van der Waals surface area contributed by atoms with Crippen LogP contribution in [-0.2, 0) is 5.75 Å². The van der Waals surface area contributed by atoms with E-state index >= 15 is 0 Å². The Balaban J connectivity index is 1.72. The van der Waals surface area contributed by atoms with E-state index in [1.807, 2.05) is 19.9 Å². The number of pyridine rings is 1. The molecule has 0 fully saturated rings. The highest BCUT2D eigenvalue weighted by Crippen LogP contribution is 2.28. The smallest absolute Gasteiger partial charge is 0.254 e. The molecule has 1 atom stereocenters. The highest BCUT2D eigenvalue weighted by molar-refractivity contribution is 7.98. The largest absolute Gasteiger partial charge is 0.361 e. The van der Waals surface area contributed by atoms with Crippen LogP contribution in [0.3, 0.4) is 0 Å². The molecule has 1 amide bonds. The molecular formula is C19H17Cl2N3O2S. The molecule has 0 unspecified atom stereocenters. The fourth-order valence-electron chi connectivity index (χ4n) is 2.51. The van der Waals surface area contributed by atoms with Crippen molar-refractivity contribution in [2.75, 3.05) is 0 Å². The normalized spacial score (nSPS) is 12.0. The van der Waals surface area contributed by atoms with Crippen LogP contribution in [-0.4, -0.2) is 16.0 Å². The summed E-state index contributed by atoms with van der Waals surface area (Å²) in [5, 5.41) is 8.62. The summed E-state index contributed by atoms with van der Waals surface area (Å²) in [7, 11) is 0. The van der Waals surface area contributed by atoms with Gasteiger partial charge in [-0.25, -0.2) is 4.98 Å². The maximum atomic E-state index is 12.8. The van der Waals surface area contributed by atoms with E-state index in [1.54, 1.807) is 36.5 Å². The van der Waals surface area contributed by atoms with Crippen LogP contribution in [0.2, 0.25) is 10.0 Å². The molecule has 0 bridgehead atoms. The fraction of sp³-hybridized carbons (Fsp3) is 0.211. The van der Waals surface area contributed by atoms with E-state index in [-0.39, 0.29) is 11.9 Å². The van der Waals surface area contributed by atoms with Crippen LogP contribution in [0, 0.1) is 6.92 Å². The minimum Gasteiger partial charge on any atom is -0.361 e. The average Bonchev–Trinajstić information content (AvgIpc) is 3.05. The number of hydrogen-bond donors (Lipinski definition) is 1. The molecule has 8 heteroatoms. The van der Waals surface area contributed by atoms with Gasteiger partial charge in [0.15, 0.2) is 0 Å². The molecule has 140 valence electrons. The van der Waals surface area contributed by atoms with Crippen molar-refractivity contribution >= 4 is 40.9 Å². The number of carbonyl (C=O) groups excluding carboxylic acids is 1. The number of nitrogens with one attached hydrogen (secondary N) is 1. The summed E-state index contributed by atoms with van der Waals surface area (Å²) in [4.78, 5) is 17.1. The zero-order chi connectivity index (χ0) is 19.4. The minimum absolute atomic E-state index is 0.222. The van der Waals surface area contributed by atoms with Gasteiger partial charge in [0.25, 0.3) is 5.91 Å². The second kappa shape index (κ2) is 8.78. The molecule has 0 saturated carbocycles. The van der Waals surface area contributed by atoms with Crippen molar-refractivity contribution in [3.05, 3.63) is 75.2 Å². The van der Waals surface area contributed by atoms with Gasteiger partial charge in [0.1, 0.15) is 10.8 Å². The molecule has 0 aliphatic carbocycles. The van der Waals surface area contributed by atoms with E-state index in [2.05, 4.69) is 15.5 Å². The Morgan fingerprint density at radius 3 is 2.81 bits per heavy atom. The maximum Gasteiger partial charge on any atom is 0.254 e. The number of halogens is 2. The number of rotatable bonds is 6. The highest BCUT2D eigenvalue weighted by atomic mass is 35.5. The molecule has 1 aromatic carbocycles. The number of aromatic nitrogens is 2. The van der Waals surface area contributed by atoms with Gasteiger partial charge in [0, 0.05) is 28.1 Å². The summed E-state index contributed by atoms with van der Waals surface area (Å²) in [5.41, 5.74) is 2.10. The predicted octanol–water partition coefficient (Wildman–Crippen LogP) is 5.47. The van der Waals surface area contributed by atoms with Gasteiger partial charge in [0.05, 0.1) is 17.3 Å². The molecule has 3 rings (SSSR count). The number of hydrogen-bond acceptors (Lipinski definition) is 5. The van der Waals surface area contributed by atoms with Gasteiger partial charge in [-0.3, -0.25) is 4.79 Å². The number of amides is 1. The van der Waals surface area contributed by atoms with Crippen molar-refractivity contribution < 1.29 is 9.32 Å². The number of thioether (sulfide) groups is 1. The third-order valence-corrected chi connectivity index (χ3v) is 5.43. The molecule has 2 heterocycles. The first-order chi connectivity index (χ1) is 12.9. The Morgan fingerprint density at radius 2 is 2.11 bits per heavy atom. The van der Waals surface area contributed by atoms with Gasteiger partial charge in [-0.1, -0.05) is 46.2 Å². The number of nitrogens with zero attached hydrogens (tertiary/aromatic N) is 2. The van der Waals surface area contributed by atoms with E-state index in [0.29, 0.717) is 26.4 Å². The van der Waals surface area contributed by atoms with Crippen molar-refractivity contribution in [2.45, 2.75) is 30.7 Å². The van der Waals surface area contributed by atoms with Crippen LogP contribution in [0.15, 0.2) is 52.1 Å². The second-order valence-corrected chi connectivity index (χ2v) is 7.74. The van der Waals surface area contributed by atoms with Crippen molar-refractivity contribution in [1.29, 1.82) is 0 Å². The Bertz CT molecular complexity index is 962. The van der Waals surface area contributed by atoms with Crippen LogP contribution in [0.4, 0.5) is 0 Å². The van der Waals surface area contributed by atoms with Gasteiger partial charge in [-0.2, -0.15) is 0 Å². The zero-order valence-electron chi connectivity index (χ0n) is 14.7. The summed E-state index contributed by atoms with van der Waals surface area (Å²) in [6, 6.07) is 10.3. The first-order valence-electron chi connectivity index (χ1n) is 8.20. The van der Waals surface area contributed by atoms with Crippen LogP contribution in [0.25, 0.3) is 0 Å². The molecule has 0 aliphatic rings. The molecular weight excluding hydrogens is 405 g/mol. The van der Waals surface area contributed by atoms with Gasteiger partial charge >= 0.3 is 0 Å². The topological polar surface area (TPSA) is 68.0 Å². The molecule has 5 nitrogen and oxygen atoms in total. The number of aryl methyl sites for hydroxylation is 1. The summed E-state index contributed by atoms with van der Waals surface area (Å²) >= 11 is 13.6. The minimum atomic E-state index is -0.279. The predicted molar refractivity (Wildman–Crippen MR) is 107 cm³/mol. The van der Waals surface area contributed by atoms with Crippen LogP contribution < -0.4 is 5.32 Å². The Kier molecular flexibility index (Phi) is 6.42. The Morgan fingerprint density at radius 1 is 1.30 bits per heavy atom. The SMILES string of the molecule is Cc1cc(CSc2ncccc2C(=O)N[C@@H](C)c2ccc(Cl)cc2Cl)no1. The van der Waals surface area contributed by atoms with E-state index in [0.717, 1.165) is 17.0 Å². The van der Waals surface area contributed by atoms with E-state index in [9.17, 15) is 4.79 Å². The molecule has 0 saturated heterocycles. The standard InChI is InChI=1S/C19H17Cl2N3O2S/c1-11-8-14(24-26-11)10-27-19-16(4-3-7-22-19)18(25)23-12(2)15-6-5-13(20)9-17(15)21/h3-9,12H,10H2,1-2H3,(H,23,25)/t12-/m0/s1. The van der Waals surface area contributed by atoms with Crippen LogP contribution >= 0.6 is 35.0 Å². The van der Waals surface area contributed by atoms with Gasteiger partial charge in [-0.15, -0.1) is 0 Å². The van der Waals surface area contributed by atoms with Gasteiger partial charge in [-0.05, 0) is 43.7 Å².